The lowest BCUT2D eigenvalue weighted by Gasteiger charge is -2.23. The Morgan fingerprint density at radius 3 is 2.21 bits per heavy atom. The molecule has 0 heterocycles. The Bertz CT molecular complexity index is 438. The summed E-state index contributed by atoms with van der Waals surface area (Å²) in [7, 11) is 0. The van der Waals surface area contributed by atoms with Crippen molar-refractivity contribution in [3.63, 3.8) is 0 Å². The molecule has 106 valence electrons. The third kappa shape index (κ3) is 3.99. The molecular weight excluding hydrogens is 252 g/mol. The lowest BCUT2D eigenvalue weighted by Crippen LogP contribution is -2.38. The van der Waals surface area contributed by atoms with Crippen LogP contribution in [0.5, 0.6) is 0 Å². The molecule has 0 aliphatic carbocycles. The normalized spacial score (nSPS) is 10.9. The summed E-state index contributed by atoms with van der Waals surface area (Å²) in [5.74, 6) is -0.454. The van der Waals surface area contributed by atoms with Gasteiger partial charge in [-0.15, -0.1) is 0 Å². The molecule has 1 N–H and O–H groups in total. The Kier molecular flexibility index (Phi) is 5.42. The Morgan fingerprint density at radius 1 is 1.26 bits per heavy atom. The molecule has 0 saturated heterocycles. The summed E-state index contributed by atoms with van der Waals surface area (Å²) in [6, 6.07) is 3.69. The van der Waals surface area contributed by atoms with E-state index in [4.69, 9.17) is 5.11 Å². The van der Waals surface area contributed by atoms with Crippen LogP contribution >= 0.6 is 0 Å². The van der Waals surface area contributed by atoms with Crippen molar-refractivity contribution >= 4 is 5.91 Å². The summed E-state index contributed by atoms with van der Waals surface area (Å²) >= 11 is 0. The number of aryl methyl sites for hydroxylation is 3. The van der Waals surface area contributed by atoms with Gasteiger partial charge in [0.15, 0.2) is 0 Å². The highest BCUT2D eigenvalue weighted by Crippen LogP contribution is 2.19. The zero-order valence-corrected chi connectivity index (χ0v) is 11.4. The second kappa shape index (κ2) is 6.61. The lowest BCUT2D eigenvalue weighted by atomic mass is 9.98. The number of nitrogens with zero attached hydrogens (tertiary/aromatic N) is 1. The van der Waals surface area contributed by atoms with Crippen LogP contribution in [-0.4, -0.2) is 42.0 Å². The molecule has 0 atom stereocenters. The number of carbonyl (C=O) groups is 1. The molecule has 0 spiro atoms. The van der Waals surface area contributed by atoms with E-state index in [0.717, 1.165) is 21.6 Å². The van der Waals surface area contributed by atoms with Crippen LogP contribution in [0.1, 0.15) is 27.0 Å². The van der Waals surface area contributed by atoms with E-state index in [1.165, 1.54) is 0 Å². The minimum atomic E-state index is -2.61. The molecule has 0 fully saturated rings. The first-order valence-corrected chi connectivity index (χ1v) is 6.13. The number of hydrogen-bond acceptors (Lipinski definition) is 2. The maximum atomic E-state index is 12.5. The second-order valence-electron chi connectivity index (χ2n) is 4.64. The molecule has 1 amide bonds. The smallest absolute Gasteiger partial charge is 0.255 e. The van der Waals surface area contributed by atoms with E-state index in [1.54, 1.807) is 13.8 Å². The molecular formula is C14H19F2NO2. The maximum Gasteiger partial charge on any atom is 0.255 e. The number of benzene rings is 1. The highest BCUT2D eigenvalue weighted by Gasteiger charge is 2.22. The molecule has 1 aromatic carbocycles. The Balaban J connectivity index is 3.09. The molecule has 0 radical (unpaired) electrons. The second-order valence-corrected chi connectivity index (χ2v) is 4.64. The third-order valence-electron chi connectivity index (χ3n) is 2.91. The summed E-state index contributed by atoms with van der Waals surface area (Å²) in [4.78, 5) is 13.3. The molecule has 19 heavy (non-hydrogen) atoms. The van der Waals surface area contributed by atoms with Crippen LogP contribution in [-0.2, 0) is 0 Å². The van der Waals surface area contributed by atoms with Crippen molar-refractivity contribution in [2.24, 2.45) is 0 Å². The zero-order chi connectivity index (χ0) is 14.6. The summed E-state index contributed by atoms with van der Waals surface area (Å²) in [5.41, 5.74) is 2.99. The number of alkyl halides is 2. The quantitative estimate of drug-likeness (QED) is 0.892. The molecule has 0 aliphatic heterocycles. The van der Waals surface area contributed by atoms with E-state index >= 15 is 0 Å². The van der Waals surface area contributed by atoms with E-state index in [-0.39, 0.29) is 13.2 Å². The van der Waals surface area contributed by atoms with Crippen LogP contribution in [0.25, 0.3) is 0 Å². The predicted octanol–water partition coefficient (Wildman–Crippen LogP) is 2.31. The SMILES string of the molecule is Cc1cc(C)c(C(=O)N(CCO)CC(F)F)c(C)c1. The van der Waals surface area contributed by atoms with Gasteiger partial charge in [0.25, 0.3) is 12.3 Å². The minimum Gasteiger partial charge on any atom is -0.395 e. The van der Waals surface area contributed by atoms with Crippen molar-refractivity contribution in [2.75, 3.05) is 19.7 Å². The first-order chi connectivity index (χ1) is 8.86. The molecule has 0 aliphatic rings. The largest absolute Gasteiger partial charge is 0.395 e. The molecule has 0 aromatic heterocycles. The van der Waals surface area contributed by atoms with Crippen molar-refractivity contribution in [1.29, 1.82) is 0 Å². The average molecular weight is 271 g/mol. The van der Waals surface area contributed by atoms with Gasteiger partial charge in [-0.3, -0.25) is 4.79 Å². The van der Waals surface area contributed by atoms with Gasteiger partial charge in [0.2, 0.25) is 0 Å². The van der Waals surface area contributed by atoms with Gasteiger partial charge in [-0.1, -0.05) is 17.7 Å². The fraction of sp³-hybridized carbons (Fsp3) is 0.500. The zero-order valence-electron chi connectivity index (χ0n) is 11.4. The van der Waals surface area contributed by atoms with Crippen LogP contribution in [0, 0.1) is 20.8 Å². The maximum absolute atomic E-state index is 12.5. The van der Waals surface area contributed by atoms with Crippen LogP contribution in [0.2, 0.25) is 0 Å². The first kappa shape index (κ1) is 15.6. The monoisotopic (exact) mass is 271 g/mol. The van der Waals surface area contributed by atoms with E-state index in [0.29, 0.717) is 5.56 Å². The number of aliphatic hydroxyl groups is 1. The summed E-state index contributed by atoms with van der Waals surface area (Å²) in [6.07, 6.45) is -2.61. The van der Waals surface area contributed by atoms with Gasteiger partial charge in [-0.05, 0) is 31.9 Å². The van der Waals surface area contributed by atoms with E-state index in [1.807, 2.05) is 19.1 Å². The van der Waals surface area contributed by atoms with E-state index in [2.05, 4.69) is 0 Å². The van der Waals surface area contributed by atoms with Crippen molar-refractivity contribution in [3.05, 3.63) is 34.4 Å². The highest BCUT2D eigenvalue weighted by molar-refractivity contribution is 5.97. The number of carbonyl (C=O) groups excluding carboxylic acids is 1. The van der Waals surface area contributed by atoms with E-state index < -0.39 is 18.9 Å². The van der Waals surface area contributed by atoms with Crippen LogP contribution in [0.15, 0.2) is 12.1 Å². The highest BCUT2D eigenvalue weighted by atomic mass is 19.3. The van der Waals surface area contributed by atoms with Gasteiger partial charge >= 0.3 is 0 Å². The van der Waals surface area contributed by atoms with Gasteiger partial charge in [-0.2, -0.15) is 0 Å². The molecule has 0 bridgehead atoms. The average Bonchev–Trinajstić information content (AvgIpc) is 2.26. The fourth-order valence-corrected chi connectivity index (χ4v) is 2.24. The third-order valence-corrected chi connectivity index (χ3v) is 2.91. The van der Waals surface area contributed by atoms with Crippen molar-refractivity contribution in [3.8, 4) is 0 Å². The molecule has 5 heteroatoms. The van der Waals surface area contributed by atoms with E-state index in [9.17, 15) is 13.6 Å². The number of aliphatic hydroxyl groups excluding tert-OH is 1. The summed E-state index contributed by atoms with van der Waals surface area (Å²) < 4.78 is 24.9. The minimum absolute atomic E-state index is 0.0874. The van der Waals surface area contributed by atoms with Gasteiger partial charge in [-0.25, -0.2) is 8.78 Å². The first-order valence-electron chi connectivity index (χ1n) is 6.13. The van der Waals surface area contributed by atoms with Crippen LogP contribution < -0.4 is 0 Å². The predicted molar refractivity (Wildman–Crippen MR) is 69.6 cm³/mol. The summed E-state index contributed by atoms with van der Waals surface area (Å²) in [6.45, 7) is 4.41. The Morgan fingerprint density at radius 2 is 1.79 bits per heavy atom. The number of halogens is 2. The van der Waals surface area contributed by atoms with Gasteiger partial charge < -0.3 is 10.0 Å². The standard InChI is InChI=1S/C14H19F2NO2/c1-9-6-10(2)13(11(3)7-9)14(19)17(4-5-18)8-12(15)16/h6-7,12,18H,4-5,8H2,1-3H3. The number of hydrogen-bond donors (Lipinski definition) is 1. The molecule has 0 saturated carbocycles. The van der Waals surface area contributed by atoms with Gasteiger partial charge in [0.05, 0.1) is 13.2 Å². The van der Waals surface area contributed by atoms with Crippen molar-refractivity contribution < 1.29 is 18.7 Å². The van der Waals surface area contributed by atoms with Crippen molar-refractivity contribution in [1.82, 2.24) is 4.90 Å². The lowest BCUT2D eigenvalue weighted by molar-refractivity contribution is 0.0508. The van der Waals surface area contributed by atoms with Gasteiger partial charge in [0, 0.05) is 12.1 Å². The van der Waals surface area contributed by atoms with Crippen LogP contribution in [0.4, 0.5) is 8.78 Å². The molecule has 1 aromatic rings. The molecule has 0 unspecified atom stereocenters. The van der Waals surface area contributed by atoms with Gasteiger partial charge in [0.1, 0.15) is 0 Å². The topological polar surface area (TPSA) is 40.5 Å². The Labute approximate surface area is 111 Å². The number of amides is 1. The summed E-state index contributed by atoms with van der Waals surface area (Å²) in [5, 5.41) is 8.89. The fourth-order valence-electron chi connectivity index (χ4n) is 2.24. The Hall–Kier alpha value is -1.49. The van der Waals surface area contributed by atoms with Crippen LogP contribution in [0.3, 0.4) is 0 Å². The molecule has 1 rings (SSSR count). The number of rotatable bonds is 5. The van der Waals surface area contributed by atoms with Crippen molar-refractivity contribution in [2.45, 2.75) is 27.2 Å². The molecule has 3 nitrogen and oxygen atoms in total.